The molecular formula is C16H22N2O4S. The molecule has 0 spiro atoms. The average Bonchev–Trinajstić information content (AvgIpc) is 2.94. The second-order valence-electron chi connectivity index (χ2n) is 7.17. The first kappa shape index (κ1) is 16.3. The number of carbonyl (C=O) groups excluding carboxylic acids is 1. The molecule has 2 unspecified atom stereocenters. The van der Waals surface area contributed by atoms with E-state index < -0.39 is 15.6 Å². The van der Waals surface area contributed by atoms with Gasteiger partial charge >= 0.3 is 6.09 Å². The lowest BCUT2D eigenvalue weighted by Crippen LogP contribution is -2.39. The SMILES string of the molecule is Cc1ccc(S(=O)(=O)N2C3CN(C(=O)OC(C)(C)C)CC32)cc1. The van der Waals surface area contributed by atoms with E-state index in [9.17, 15) is 13.2 Å². The summed E-state index contributed by atoms with van der Waals surface area (Å²) in [7, 11) is -3.47. The minimum absolute atomic E-state index is 0.131. The van der Waals surface area contributed by atoms with E-state index in [1.54, 1.807) is 29.2 Å². The van der Waals surface area contributed by atoms with Crippen LogP contribution in [0.5, 0.6) is 0 Å². The van der Waals surface area contributed by atoms with E-state index in [1.165, 1.54) is 4.31 Å². The van der Waals surface area contributed by atoms with Gasteiger partial charge in [0.2, 0.25) is 10.0 Å². The first-order valence-corrected chi connectivity index (χ1v) is 9.12. The Morgan fingerprint density at radius 3 is 2.13 bits per heavy atom. The highest BCUT2D eigenvalue weighted by Gasteiger charge is 2.61. The van der Waals surface area contributed by atoms with Gasteiger partial charge in [0.25, 0.3) is 0 Å². The number of ether oxygens (including phenoxy) is 1. The summed E-state index contributed by atoms with van der Waals surface area (Å²) in [6.07, 6.45) is -0.377. The number of sulfonamides is 1. The van der Waals surface area contributed by atoms with Crippen LogP contribution in [0.2, 0.25) is 0 Å². The Hall–Kier alpha value is -1.60. The quantitative estimate of drug-likeness (QED) is 0.774. The lowest BCUT2D eigenvalue weighted by Gasteiger charge is -2.26. The Bertz CT molecular complexity index is 709. The Kier molecular flexibility index (Phi) is 3.68. The van der Waals surface area contributed by atoms with E-state index >= 15 is 0 Å². The van der Waals surface area contributed by atoms with Crippen molar-refractivity contribution in [2.75, 3.05) is 13.1 Å². The lowest BCUT2D eigenvalue weighted by atomic mass is 10.2. The monoisotopic (exact) mass is 338 g/mol. The number of amides is 1. The molecule has 0 bridgehead atoms. The number of hydrogen-bond acceptors (Lipinski definition) is 4. The molecule has 0 radical (unpaired) electrons. The molecule has 1 aromatic carbocycles. The van der Waals surface area contributed by atoms with Gasteiger partial charge in [0.15, 0.2) is 0 Å². The van der Waals surface area contributed by atoms with Crippen molar-refractivity contribution in [1.29, 1.82) is 0 Å². The minimum Gasteiger partial charge on any atom is -0.444 e. The maximum absolute atomic E-state index is 12.6. The van der Waals surface area contributed by atoms with Gasteiger partial charge in [-0.2, -0.15) is 4.31 Å². The fourth-order valence-electron chi connectivity index (χ4n) is 2.90. The van der Waals surface area contributed by atoms with Crippen LogP contribution in [0.4, 0.5) is 4.79 Å². The predicted octanol–water partition coefficient (Wildman–Crippen LogP) is 1.99. The molecule has 2 aliphatic rings. The van der Waals surface area contributed by atoms with Crippen LogP contribution in [-0.4, -0.2) is 54.5 Å². The van der Waals surface area contributed by atoms with Crippen LogP contribution >= 0.6 is 0 Å². The van der Waals surface area contributed by atoms with Gasteiger partial charge in [-0.15, -0.1) is 0 Å². The van der Waals surface area contributed by atoms with E-state index in [0.717, 1.165) is 5.56 Å². The van der Waals surface area contributed by atoms with E-state index in [-0.39, 0.29) is 18.2 Å². The van der Waals surface area contributed by atoms with E-state index in [0.29, 0.717) is 18.0 Å². The Labute approximate surface area is 137 Å². The highest BCUT2D eigenvalue weighted by Crippen LogP contribution is 2.41. The van der Waals surface area contributed by atoms with Crippen molar-refractivity contribution in [3.63, 3.8) is 0 Å². The molecule has 0 saturated carbocycles. The molecule has 23 heavy (non-hydrogen) atoms. The number of rotatable bonds is 2. The first-order valence-electron chi connectivity index (χ1n) is 7.68. The second kappa shape index (κ2) is 5.21. The number of fused-ring (bicyclic) bond motifs is 1. The Morgan fingerprint density at radius 2 is 1.65 bits per heavy atom. The molecule has 1 amide bonds. The predicted molar refractivity (Wildman–Crippen MR) is 85.6 cm³/mol. The smallest absolute Gasteiger partial charge is 0.410 e. The van der Waals surface area contributed by atoms with Gasteiger partial charge in [0.05, 0.1) is 17.0 Å². The number of hydrogen-bond donors (Lipinski definition) is 0. The summed E-state index contributed by atoms with van der Waals surface area (Å²) >= 11 is 0. The molecule has 6 nitrogen and oxygen atoms in total. The van der Waals surface area contributed by atoms with Crippen LogP contribution in [-0.2, 0) is 14.8 Å². The van der Waals surface area contributed by atoms with Crippen LogP contribution in [0.1, 0.15) is 26.3 Å². The standard InChI is InChI=1S/C16H22N2O4S/c1-11-5-7-12(8-6-11)23(20,21)18-13-9-17(10-14(13)18)15(19)22-16(2,3)4/h5-8,13-14H,9-10H2,1-4H3. The van der Waals surface area contributed by atoms with Crippen molar-refractivity contribution in [3.05, 3.63) is 29.8 Å². The van der Waals surface area contributed by atoms with Crippen molar-refractivity contribution in [2.24, 2.45) is 0 Å². The summed E-state index contributed by atoms with van der Waals surface area (Å²) in [6, 6.07) is 6.58. The van der Waals surface area contributed by atoms with Crippen LogP contribution < -0.4 is 0 Å². The Morgan fingerprint density at radius 1 is 1.13 bits per heavy atom. The molecule has 2 fully saturated rings. The summed E-state index contributed by atoms with van der Waals surface area (Å²) in [4.78, 5) is 13.9. The van der Waals surface area contributed by atoms with Gasteiger partial charge in [-0.05, 0) is 39.8 Å². The third kappa shape index (κ3) is 3.07. The van der Waals surface area contributed by atoms with Crippen LogP contribution in [0, 0.1) is 6.92 Å². The summed E-state index contributed by atoms with van der Waals surface area (Å²) < 4.78 is 32.1. The van der Waals surface area contributed by atoms with E-state index in [4.69, 9.17) is 4.74 Å². The number of benzene rings is 1. The first-order chi connectivity index (χ1) is 10.6. The van der Waals surface area contributed by atoms with Gasteiger partial charge < -0.3 is 9.64 Å². The van der Waals surface area contributed by atoms with Gasteiger partial charge in [-0.1, -0.05) is 17.7 Å². The molecule has 2 atom stereocenters. The highest BCUT2D eigenvalue weighted by atomic mass is 32.2. The fraction of sp³-hybridized carbons (Fsp3) is 0.562. The summed E-state index contributed by atoms with van der Waals surface area (Å²) in [5, 5.41) is 0. The minimum atomic E-state index is -3.47. The Balaban J connectivity index is 1.66. The summed E-state index contributed by atoms with van der Waals surface area (Å²) in [6.45, 7) is 8.15. The van der Waals surface area contributed by atoms with Gasteiger partial charge in [-0.3, -0.25) is 0 Å². The van der Waals surface area contributed by atoms with Gasteiger partial charge in [-0.25, -0.2) is 13.2 Å². The van der Waals surface area contributed by atoms with Crippen molar-refractivity contribution >= 4 is 16.1 Å². The zero-order chi connectivity index (χ0) is 17.0. The normalized spacial score (nSPS) is 26.8. The largest absolute Gasteiger partial charge is 0.444 e. The molecule has 7 heteroatoms. The topological polar surface area (TPSA) is 66.7 Å². The lowest BCUT2D eigenvalue weighted by molar-refractivity contribution is 0.0269. The van der Waals surface area contributed by atoms with Crippen molar-refractivity contribution in [3.8, 4) is 0 Å². The van der Waals surface area contributed by atoms with Crippen molar-refractivity contribution in [1.82, 2.24) is 9.21 Å². The third-order valence-electron chi connectivity index (χ3n) is 4.07. The third-order valence-corrected chi connectivity index (χ3v) is 6.04. The zero-order valence-electron chi connectivity index (χ0n) is 13.8. The van der Waals surface area contributed by atoms with Crippen LogP contribution in [0.15, 0.2) is 29.2 Å². The number of nitrogens with zero attached hydrogens (tertiary/aromatic N) is 2. The molecule has 0 N–H and O–H groups in total. The van der Waals surface area contributed by atoms with Gasteiger partial charge in [0, 0.05) is 13.1 Å². The fourth-order valence-corrected chi connectivity index (χ4v) is 4.70. The van der Waals surface area contributed by atoms with Crippen molar-refractivity contribution in [2.45, 2.75) is 50.3 Å². The maximum Gasteiger partial charge on any atom is 0.410 e. The van der Waals surface area contributed by atoms with Gasteiger partial charge in [0.1, 0.15) is 5.60 Å². The number of likely N-dealkylation sites (tertiary alicyclic amines) is 1. The molecule has 0 aromatic heterocycles. The molecule has 2 heterocycles. The van der Waals surface area contributed by atoms with Crippen LogP contribution in [0.25, 0.3) is 0 Å². The maximum atomic E-state index is 12.6. The summed E-state index contributed by atoms with van der Waals surface area (Å²) in [5.74, 6) is 0. The van der Waals surface area contributed by atoms with E-state index in [2.05, 4.69) is 0 Å². The van der Waals surface area contributed by atoms with E-state index in [1.807, 2.05) is 27.7 Å². The van der Waals surface area contributed by atoms with Crippen molar-refractivity contribution < 1.29 is 17.9 Å². The molecular weight excluding hydrogens is 316 g/mol. The molecule has 126 valence electrons. The molecule has 2 saturated heterocycles. The highest BCUT2D eigenvalue weighted by molar-refractivity contribution is 7.89. The summed E-state index contributed by atoms with van der Waals surface area (Å²) in [5.41, 5.74) is 0.475. The number of carbonyl (C=O) groups is 1. The molecule has 2 aliphatic heterocycles. The molecule has 0 aliphatic carbocycles. The van der Waals surface area contributed by atoms with Crippen LogP contribution in [0.3, 0.4) is 0 Å². The number of piperazine rings is 1. The molecule has 1 aromatic rings. The second-order valence-corrected chi connectivity index (χ2v) is 9.01. The molecule has 3 rings (SSSR count). The number of aryl methyl sites for hydroxylation is 1. The average molecular weight is 338 g/mol. The zero-order valence-corrected chi connectivity index (χ0v) is 14.6.